The topological polar surface area (TPSA) is 79.5 Å². The molecule has 0 heterocycles. The van der Waals surface area contributed by atoms with Crippen LogP contribution >= 0.6 is 12.2 Å². The third kappa shape index (κ3) is 7.19. The summed E-state index contributed by atoms with van der Waals surface area (Å²) in [6.45, 7) is 8.53. The summed E-state index contributed by atoms with van der Waals surface area (Å²) in [6, 6.07) is 13.8. The lowest BCUT2D eigenvalue weighted by molar-refractivity contribution is 0.0942. The molecular formula is C22H27N3O3S. The minimum absolute atomic E-state index is 0.00898. The maximum Gasteiger partial charge on any atom is 0.257 e. The summed E-state index contributed by atoms with van der Waals surface area (Å²) < 4.78 is 5.62. The van der Waals surface area contributed by atoms with Crippen molar-refractivity contribution in [1.29, 1.82) is 0 Å². The number of hydrogen-bond donors (Lipinski definition) is 3. The van der Waals surface area contributed by atoms with Crippen molar-refractivity contribution >= 4 is 34.8 Å². The Morgan fingerprint density at radius 1 is 0.966 bits per heavy atom. The summed E-state index contributed by atoms with van der Waals surface area (Å²) in [5.74, 6) is 0.573. The monoisotopic (exact) mass is 413 g/mol. The van der Waals surface area contributed by atoms with Crippen molar-refractivity contribution < 1.29 is 14.3 Å². The number of benzene rings is 2. The van der Waals surface area contributed by atoms with E-state index >= 15 is 0 Å². The highest BCUT2D eigenvalue weighted by atomic mass is 32.1. The smallest absolute Gasteiger partial charge is 0.257 e. The van der Waals surface area contributed by atoms with Crippen LogP contribution in [0, 0.1) is 5.92 Å². The van der Waals surface area contributed by atoms with Crippen LogP contribution in [0.25, 0.3) is 0 Å². The van der Waals surface area contributed by atoms with Crippen molar-refractivity contribution in [2.75, 3.05) is 11.9 Å². The third-order valence-electron chi connectivity index (χ3n) is 3.77. The molecule has 0 saturated carbocycles. The van der Waals surface area contributed by atoms with Gasteiger partial charge in [0, 0.05) is 11.6 Å². The van der Waals surface area contributed by atoms with Gasteiger partial charge in [0.1, 0.15) is 5.75 Å². The number of hydrogen-bond acceptors (Lipinski definition) is 4. The first-order valence-electron chi connectivity index (χ1n) is 9.51. The minimum atomic E-state index is -0.345. The van der Waals surface area contributed by atoms with Gasteiger partial charge in [-0.3, -0.25) is 14.9 Å². The molecule has 2 rings (SSSR count). The van der Waals surface area contributed by atoms with E-state index in [1.165, 1.54) is 0 Å². The zero-order valence-electron chi connectivity index (χ0n) is 17.1. The number of rotatable bonds is 7. The van der Waals surface area contributed by atoms with Gasteiger partial charge in [-0.1, -0.05) is 26.0 Å². The number of amides is 2. The molecule has 0 aliphatic heterocycles. The lowest BCUT2D eigenvalue weighted by Gasteiger charge is -2.15. The average Bonchev–Trinajstić information content (AvgIpc) is 2.66. The Morgan fingerprint density at radius 2 is 1.62 bits per heavy atom. The van der Waals surface area contributed by atoms with Crippen LogP contribution in [0.1, 0.15) is 48.4 Å². The number of para-hydroxylation sites is 1. The van der Waals surface area contributed by atoms with Gasteiger partial charge in [0.2, 0.25) is 0 Å². The Bertz CT molecular complexity index is 864. The Morgan fingerprint density at radius 3 is 2.24 bits per heavy atom. The van der Waals surface area contributed by atoms with Gasteiger partial charge in [-0.05, 0) is 68.4 Å². The van der Waals surface area contributed by atoms with Crippen molar-refractivity contribution in [2.24, 2.45) is 5.92 Å². The van der Waals surface area contributed by atoms with E-state index in [4.69, 9.17) is 17.0 Å². The van der Waals surface area contributed by atoms with Gasteiger partial charge in [-0.2, -0.15) is 0 Å². The molecule has 3 N–H and O–H groups in total. The Labute approximate surface area is 177 Å². The SMILES string of the molecule is CC(C)COc1ccc(C(=O)NC(=S)Nc2ccccc2C(=O)NC(C)C)cc1. The molecular weight excluding hydrogens is 386 g/mol. The van der Waals surface area contributed by atoms with E-state index in [1.54, 1.807) is 48.5 Å². The minimum Gasteiger partial charge on any atom is -0.493 e. The van der Waals surface area contributed by atoms with Gasteiger partial charge in [-0.15, -0.1) is 0 Å². The van der Waals surface area contributed by atoms with Crippen LogP contribution in [-0.2, 0) is 0 Å². The van der Waals surface area contributed by atoms with Gasteiger partial charge in [-0.25, -0.2) is 0 Å². The standard InChI is InChI=1S/C22H27N3O3S/c1-14(2)13-28-17-11-9-16(10-12-17)20(26)25-22(29)24-19-8-6-5-7-18(19)21(27)23-15(3)4/h5-12,14-15H,13H2,1-4H3,(H,23,27)(H2,24,25,26,29). The van der Waals surface area contributed by atoms with Crippen molar-refractivity contribution in [2.45, 2.75) is 33.7 Å². The highest BCUT2D eigenvalue weighted by molar-refractivity contribution is 7.80. The van der Waals surface area contributed by atoms with Gasteiger partial charge in [0.15, 0.2) is 5.11 Å². The van der Waals surface area contributed by atoms with E-state index in [0.717, 1.165) is 0 Å². The summed E-state index contributed by atoms with van der Waals surface area (Å²) in [5, 5.41) is 8.51. The normalized spacial score (nSPS) is 10.6. The largest absolute Gasteiger partial charge is 0.493 e. The fourth-order valence-corrected chi connectivity index (χ4v) is 2.63. The van der Waals surface area contributed by atoms with Crippen LogP contribution < -0.4 is 20.7 Å². The molecule has 29 heavy (non-hydrogen) atoms. The van der Waals surface area contributed by atoms with Gasteiger partial charge >= 0.3 is 0 Å². The third-order valence-corrected chi connectivity index (χ3v) is 3.97. The molecule has 0 aliphatic carbocycles. The lowest BCUT2D eigenvalue weighted by Crippen LogP contribution is -2.35. The highest BCUT2D eigenvalue weighted by Gasteiger charge is 2.14. The van der Waals surface area contributed by atoms with Crippen LogP contribution in [0.15, 0.2) is 48.5 Å². The molecule has 0 aromatic heterocycles. The zero-order valence-corrected chi connectivity index (χ0v) is 17.9. The maximum absolute atomic E-state index is 12.4. The van der Waals surface area contributed by atoms with Gasteiger partial charge in [0.25, 0.3) is 11.8 Å². The zero-order chi connectivity index (χ0) is 21.4. The first-order chi connectivity index (χ1) is 13.8. The second-order valence-electron chi connectivity index (χ2n) is 7.31. The van der Waals surface area contributed by atoms with Crippen LogP contribution in [0.4, 0.5) is 5.69 Å². The molecule has 154 valence electrons. The van der Waals surface area contributed by atoms with Crippen LogP contribution in [-0.4, -0.2) is 29.6 Å². The molecule has 0 aliphatic rings. The molecule has 2 aromatic rings. The van der Waals surface area contributed by atoms with Crippen LogP contribution in [0.2, 0.25) is 0 Å². The van der Waals surface area contributed by atoms with Gasteiger partial charge < -0.3 is 15.4 Å². The predicted molar refractivity (Wildman–Crippen MR) is 120 cm³/mol. The molecule has 0 atom stereocenters. The summed E-state index contributed by atoms with van der Waals surface area (Å²) in [4.78, 5) is 24.8. The highest BCUT2D eigenvalue weighted by Crippen LogP contribution is 2.16. The first-order valence-corrected chi connectivity index (χ1v) is 9.92. The van der Waals surface area contributed by atoms with Crippen molar-refractivity contribution in [3.05, 3.63) is 59.7 Å². The maximum atomic E-state index is 12.4. The number of nitrogens with one attached hydrogen (secondary N) is 3. The number of carbonyl (C=O) groups is 2. The van der Waals surface area contributed by atoms with Crippen LogP contribution in [0.5, 0.6) is 5.75 Å². The molecule has 6 nitrogen and oxygen atoms in total. The van der Waals surface area contributed by atoms with E-state index in [0.29, 0.717) is 35.1 Å². The molecule has 2 aromatic carbocycles. The van der Waals surface area contributed by atoms with Crippen molar-refractivity contribution in [1.82, 2.24) is 10.6 Å². The predicted octanol–water partition coefficient (Wildman–Crippen LogP) is 3.99. The fraction of sp³-hybridized carbons (Fsp3) is 0.318. The number of thiocarbonyl (C=S) groups is 1. The van der Waals surface area contributed by atoms with E-state index in [1.807, 2.05) is 13.8 Å². The molecule has 0 radical (unpaired) electrons. The molecule has 0 saturated heterocycles. The van der Waals surface area contributed by atoms with E-state index in [2.05, 4.69) is 29.8 Å². The Balaban J connectivity index is 1.99. The molecule has 2 amide bonds. The number of ether oxygens (including phenoxy) is 1. The van der Waals surface area contributed by atoms with E-state index in [9.17, 15) is 9.59 Å². The van der Waals surface area contributed by atoms with Crippen LogP contribution in [0.3, 0.4) is 0 Å². The second-order valence-corrected chi connectivity index (χ2v) is 7.72. The van der Waals surface area contributed by atoms with E-state index in [-0.39, 0.29) is 23.0 Å². The van der Waals surface area contributed by atoms with Gasteiger partial charge in [0.05, 0.1) is 17.9 Å². The number of anilines is 1. The summed E-state index contributed by atoms with van der Waals surface area (Å²) in [6.07, 6.45) is 0. The van der Waals surface area contributed by atoms with E-state index < -0.39 is 0 Å². The second kappa shape index (κ2) is 10.6. The number of carbonyl (C=O) groups excluding carboxylic acids is 2. The summed E-state index contributed by atoms with van der Waals surface area (Å²) >= 11 is 5.24. The molecule has 7 heteroatoms. The van der Waals surface area contributed by atoms with Crippen molar-refractivity contribution in [3.63, 3.8) is 0 Å². The average molecular weight is 414 g/mol. The molecule has 0 spiro atoms. The summed E-state index contributed by atoms with van der Waals surface area (Å²) in [5.41, 5.74) is 1.43. The molecule has 0 fully saturated rings. The molecule has 0 bridgehead atoms. The first kappa shape index (κ1) is 22.4. The fourth-order valence-electron chi connectivity index (χ4n) is 2.42. The molecule has 0 unspecified atom stereocenters. The Hall–Kier alpha value is -2.93. The summed E-state index contributed by atoms with van der Waals surface area (Å²) in [7, 11) is 0. The lowest BCUT2D eigenvalue weighted by atomic mass is 10.1. The van der Waals surface area contributed by atoms with Crippen molar-refractivity contribution in [3.8, 4) is 5.75 Å². The Kier molecular flexibility index (Phi) is 8.15. The quantitative estimate of drug-likeness (QED) is 0.598.